The first-order valence-corrected chi connectivity index (χ1v) is 23.8. The fourth-order valence-corrected chi connectivity index (χ4v) is 7.37. The van der Waals surface area contributed by atoms with Crippen LogP contribution in [0.3, 0.4) is 0 Å². The van der Waals surface area contributed by atoms with Gasteiger partial charge in [0.15, 0.2) is 12.4 Å². The number of carbonyl (C=O) groups is 2. The number of aliphatic hydroxyl groups is 4. The average Bonchev–Trinajstić information content (AvgIpc) is 3.21. The third-order valence-electron chi connectivity index (χ3n) is 11.2. The summed E-state index contributed by atoms with van der Waals surface area (Å²) in [6.07, 6.45) is 34.0. The lowest BCUT2D eigenvalue weighted by Gasteiger charge is -2.39. The molecule has 0 saturated carbocycles. The van der Waals surface area contributed by atoms with Crippen molar-refractivity contribution in [3.63, 3.8) is 0 Å². The standard InChI is InChI=1S/C47H88O10/c1-3-5-7-9-11-13-14-15-16-17-18-19-20-21-22-23-24-25-26-28-29-31-33-35-42(49)54-38-40(39-55-47-46(53)45(52)44(51)41(37-48)57-47)56-43(50)36-34-32-30-27-12-10-8-6-4-2/h28-29,40-41,44-48,51-53H,3-27,30-39H2,1-2H3/b29-28+/t40-,41-,44+,45?,46?,47-/m0/s1. The van der Waals surface area contributed by atoms with Crippen molar-refractivity contribution in [1.82, 2.24) is 0 Å². The highest BCUT2D eigenvalue weighted by Gasteiger charge is 2.44. The summed E-state index contributed by atoms with van der Waals surface area (Å²) in [6.45, 7) is 3.39. The predicted molar refractivity (Wildman–Crippen MR) is 229 cm³/mol. The van der Waals surface area contributed by atoms with Gasteiger partial charge in [0.05, 0.1) is 13.2 Å². The monoisotopic (exact) mass is 813 g/mol. The summed E-state index contributed by atoms with van der Waals surface area (Å²) in [5, 5.41) is 40.0. The van der Waals surface area contributed by atoms with E-state index in [2.05, 4.69) is 26.0 Å². The molecule has 6 atom stereocenters. The van der Waals surface area contributed by atoms with E-state index >= 15 is 0 Å². The molecule has 336 valence electrons. The Labute approximate surface area is 348 Å². The molecule has 0 spiro atoms. The summed E-state index contributed by atoms with van der Waals surface area (Å²) in [6, 6.07) is 0. The summed E-state index contributed by atoms with van der Waals surface area (Å²) in [4.78, 5) is 25.2. The molecule has 0 aliphatic carbocycles. The molecule has 0 aromatic rings. The lowest BCUT2D eigenvalue weighted by molar-refractivity contribution is -0.305. The van der Waals surface area contributed by atoms with Gasteiger partial charge in [0.2, 0.25) is 0 Å². The van der Waals surface area contributed by atoms with E-state index in [0.717, 1.165) is 32.1 Å². The Morgan fingerprint density at radius 3 is 1.42 bits per heavy atom. The third-order valence-corrected chi connectivity index (χ3v) is 11.2. The summed E-state index contributed by atoms with van der Waals surface area (Å²) < 4.78 is 22.1. The van der Waals surface area contributed by atoms with E-state index in [-0.39, 0.29) is 26.1 Å². The Morgan fingerprint density at radius 1 is 0.526 bits per heavy atom. The third kappa shape index (κ3) is 30.2. The Kier molecular flexibility index (Phi) is 36.2. The fraction of sp³-hybridized carbons (Fsp3) is 0.915. The summed E-state index contributed by atoms with van der Waals surface area (Å²) in [5.41, 5.74) is 0. The molecule has 1 heterocycles. The molecule has 57 heavy (non-hydrogen) atoms. The van der Waals surface area contributed by atoms with E-state index in [9.17, 15) is 30.0 Å². The molecular formula is C47H88O10. The van der Waals surface area contributed by atoms with Gasteiger partial charge in [0.25, 0.3) is 0 Å². The van der Waals surface area contributed by atoms with Crippen LogP contribution < -0.4 is 0 Å². The van der Waals surface area contributed by atoms with Crippen molar-refractivity contribution in [3.8, 4) is 0 Å². The number of aliphatic hydroxyl groups excluding tert-OH is 4. The number of unbranched alkanes of at least 4 members (excludes halogenated alkanes) is 27. The number of hydrogen-bond donors (Lipinski definition) is 4. The van der Waals surface area contributed by atoms with Crippen molar-refractivity contribution >= 4 is 11.9 Å². The molecule has 4 N–H and O–H groups in total. The van der Waals surface area contributed by atoms with Gasteiger partial charge in [0.1, 0.15) is 31.0 Å². The van der Waals surface area contributed by atoms with E-state index in [4.69, 9.17) is 18.9 Å². The van der Waals surface area contributed by atoms with Crippen LogP contribution in [-0.4, -0.2) is 89.0 Å². The minimum absolute atomic E-state index is 0.227. The highest BCUT2D eigenvalue weighted by molar-refractivity contribution is 5.70. The Morgan fingerprint density at radius 2 is 0.947 bits per heavy atom. The van der Waals surface area contributed by atoms with Crippen molar-refractivity contribution < 1.29 is 49.0 Å². The highest BCUT2D eigenvalue weighted by atomic mass is 16.7. The Hall–Kier alpha value is -1.56. The maximum atomic E-state index is 12.7. The number of esters is 2. The van der Waals surface area contributed by atoms with Gasteiger partial charge in [-0.1, -0.05) is 187 Å². The number of hydrogen-bond acceptors (Lipinski definition) is 10. The van der Waals surface area contributed by atoms with Crippen molar-refractivity contribution in [3.05, 3.63) is 12.2 Å². The van der Waals surface area contributed by atoms with E-state index in [0.29, 0.717) is 12.8 Å². The van der Waals surface area contributed by atoms with Gasteiger partial charge in [-0.05, 0) is 32.1 Å². The molecule has 0 radical (unpaired) electrons. The molecule has 10 nitrogen and oxygen atoms in total. The second kappa shape index (κ2) is 38.6. The summed E-state index contributed by atoms with van der Waals surface area (Å²) in [5.74, 6) is -0.837. The molecule has 1 rings (SSSR count). The average molecular weight is 813 g/mol. The Balaban J connectivity index is 2.21. The highest BCUT2D eigenvalue weighted by Crippen LogP contribution is 2.23. The number of carbonyl (C=O) groups excluding carboxylic acids is 2. The molecule has 1 aliphatic rings. The quantitative estimate of drug-likeness (QED) is 0.0267. The van der Waals surface area contributed by atoms with Crippen LogP contribution in [0.5, 0.6) is 0 Å². The minimum atomic E-state index is -1.59. The van der Waals surface area contributed by atoms with Crippen LogP contribution in [0, 0.1) is 0 Å². The van der Waals surface area contributed by atoms with Crippen LogP contribution in [0.15, 0.2) is 12.2 Å². The fourth-order valence-electron chi connectivity index (χ4n) is 7.37. The molecule has 10 heteroatoms. The zero-order valence-corrected chi connectivity index (χ0v) is 36.6. The second-order valence-corrected chi connectivity index (χ2v) is 16.6. The topological polar surface area (TPSA) is 152 Å². The maximum absolute atomic E-state index is 12.7. The van der Waals surface area contributed by atoms with Gasteiger partial charge in [-0.25, -0.2) is 0 Å². The van der Waals surface area contributed by atoms with Gasteiger partial charge in [-0.15, -0.1) is 0 Å². The zero-order chi connectivity index (χ0) is 41.6. The van der Waals surface area contributed by atoms with Crippen molar-refractivity contribution in [2.45, 2.75) is 256 Å². The van der Waals surface area contributed by atoms with Crippen LogP contribution in [0.1, 0.15) is 219 Å². The first kappa shape index (κ1) is 53.5. The van der Waals surface area contributed by atoms with Gasteiger partial charge in [-0.3, -0.25) is 9.59 Å². The number of rotatable bonds is 40. The van der Waals surface area contributed by atoms with Gasteiger partial charge < -0.3 is 39.4 Å². The molecule has 0 aromatic heterocycles. The number of allylic oxidation sites excluding steroid dienone is 2. The minimum Gasteiger partial charge on any atom is -0.462 e. The Bertz CT molecular complexity index is 943. The van der Waals surface area contributed by atoms with Crippen LogP contribution in [0.4, 0.5) is 0 Å². The molecular weight excluding hydrogens is 725 g/mol. The van der Waals surface area contributed by atoms with E-state index in [1.54, 1.807) is 0 Å². The molecule has 1 aliphatic heterocycles. The lowest BCUT2D eigenvalue weighted by Crippen LogP contribution is -2.59. The van der Waals surface area contributed by atoms with Gasteiger partial charge in [-0.2, -0.15) is 0 Å². The lowest BCUT2D eigenvalue weighted by atomic mass is 9.99. The largest absolute Gasteiger partial charge is 0.462 e. The van der Waals surface area contributed by atoms with E-state index < -0.39 is 55.4 Å². The van der Waals surface area contributed by atoms with Crippen molar-refractivity contribution in [2.24, 2.45) is 0 Å². The normalized spacial score (nSPS) is 20.3. The van der Waals surface area contributed by atoms with Gasteiger partial charge >= 0.3 is 11.9 Å². The van der Waals surface area contributed by atoms with E-state index in [1.807, 2.05) is 0 Å². The smallest absolute Gasteiger partial charge is 0.306 e. The van der Waals surface area contributed by atoms with Crippen LogP contribution in [-0.2, 0) is 28.5 Å². The van der Waals surface area contributed by atoms with Gasteiger partial charge in [0, 0.05) is 12.8 Å². The van der Waals surface area contributed by atoms with Crippen LogP contribution in [0.25, 0.3) is 0 Å². The van der Waals surface area contributed by atoms with E-state index in [1.165, 1.54) is 148 Å². The predicted octanol–water partition coefficient (Wildman–Crippen LogP) is 10.3. The summed E-state index contributed by atoms with van der Waals surface area (Å²) >= 11 is 0. The second-order valence-electron chi connectivity index (χ2n) is 16.6. The SMILES string of the molecule is CCCCCCCCCCCCCCCCCCCC/C=C/CCCC(=O)OC[C@@H](CO[C@H]1O[C@@H](CO)[C@@H](O)C(O)C1O)OC(=O)CCCCCCCCCCC. The molecule has 0 amide bonds. The first-order chi connectivity index (χ1) is 27.8. The maximum Gasteiger partial charge on any atom is 0.306 e. The van der Waals surface area contributed by atoms with Crippen LogP contribution >= 0.6 is 0 Å². The number of ether oxygens (including phenoxy) is 4. The van der Waals surface area contributed by atoms with Crippen molar-refractivity contribution in [1.29, 1.82) is 0 Å². The van der Waals surface area contributed by atoms with Crippen molar-refractivity contribution in [2.75, 3.05) is 19.8 Å². The first-order valence-electron chi connectivity index (χ1n) is 23.8. The molecule has 1 fully saturated rings. The van der Waals surface area contributed by atoms with Crippen LogP contribution in [0.2, 0.25) is 0 Å². The zero-order valence-electron chi connectivity index (χ0n) is 36.6. The molecule has 0 bridgehead atoms. The molecule has 1 saturated heterocycles. The summed E-state index contributed by atoms with van der Waals surface area (Å²) in [7, 11) is 0. The molecule has 0 aromatic carbocycles. The molecule has 2 unspecified atom stereocenters.